The first-order valence-electron chi connectivity index (χ1n) is 10.6. The fourth-order valence-electron chi connectivity index (χ4n) is 4.44. The minimum absolute atomic E-state index is 0.132. The number of benzene rings is 1. The summed E-state index contributed by atoms with van der Waals surface area (Å²) in [4.78, 5) is 21.4. The van der Waals surface area contributed by atoms with Gasteiger partial charge in [0.15, 0.2) is 5.82 Å². The molecule has 1 amide bonds. The van der Waals surface area contributed by atoms with Crippen molar-refractivity contribution in [1.82, 2.24) is 19.9 Å². The zero-order chi connectivity index (χ0) is 20.9. The Labute approximate surface area is 177 Å². The second-order valence-electron chi connectivity index (χ2n) is 8.16. The minimum atomic E-state index is 0.132. The maximum absolute atomic E-state index is 12.8. The smallest absolute Gasteiger partial charge is 0.253 e. The van der Waals surface area contributed by atoms with E-state index in [-0.39, 0.29) is 5.91 Å². The van der Waals surface area contributed by atoms with Crippen LogP contribution in [0.3, 0.4) is 0 Å². The molecule has 162 valence electrons. The summed E-state index contributed by atoms with van der Waals surface area (Å²) >= 11 is 0. The minimum Gasteiger partial charge on any atom is -0.496 e. The second kappa shape index (κ2) is 9.57. The van der Waals surface area contributed by atoms with Crippen molar-refractivity contribution in [2.75, 3.05) is 40.4 Å². The Morgan fingerprint density at radius 3 is 2.83 bits per heavy atom. The molecule has 30 heavy (non-hydrogen) atoms. The lowest BCUT2D eigenvalue weighted by atomic mass is 9.96. The van der Waals surface area contributed by atoms with Gasteiger partial charge < -0.3 is 18.9 Å². The molecule has 2 aliphatic rings. The predicted molar refractivity (Wildman–Crippen MR) is 110 cm³/mol. The fraction of sp³-hybridized carbons (Fsp3) is 0.591. The number of rotatable bonds is 8. The van der Waals surface area contributed by atoms with Crippen LogP contribution >= 0.6 is 0 Å². The van der Waals surface area contributed by atoms with Gasteiger partial charge in [-0.1, -0.05) is 5.16 Å². The van der Waals surface area contributed by atoms with Crippen LogP contribution in [0.15, 0.2) is 22.7 Å². The number of ether oxygens (including phenoxy) is 2. The summed E-state index contributed by atoms with van der Waals surface area (Å²) in [5, 5.41) is 3.93. The summed E-state index contributed by atoms with van der Waals surface area (Å²) in [6.45, 7) is 4.67. The maximum Gasteiger partial charge on any atom is 0.253 e. The molecular weight excluding hydrogens is 384 g/mol. The SMILES string of the molecule is COCc1noc(CN2CCC(Cc3cc(C(=O)N4CCCC4)ccc3OC)C2)n1. The van der Waals surface area contributed by atoms with Gasteiger partial charge in [0.25, 0.3) is 5.91 Å². The lowest BCUT2D eigenvalue weighted by Gasteiger charge is -2.18. The lowest BCUT2D eigenvalue weighted by molar-refractivity contribution is 0.0792. The molecule has 4 rings (SSSR count). The van der Waals surface area contributed by atoms with Gasteiger partial charge >= 0.3 is 0 Å². The molecule has 3 heterocycles. The summed E-state index contributed by atoms with van der Waals surface area (Å²) in [5.41, 5.74) is 1.87. The van der Waals surface area contributed by atoms with Gasteiger partial charge in [-0.3, -0.25) is 9.69 Å². The molecule has 2 aromatic rings. The molecule has 2 aliphatic heterocycles. The first kappa shape index (κ1) is 20.8. The second-order valence-corrected chi connectivity index (χ2v) is 8.16. The van der Waals surface area contributed by atoms with Crippen LogP contribution < -0.4 is 4.74 Å². The number of methoxy groups -OCH3 is 2. The third-order valence-corrected chi connectivity index (χ3v) is 5.94. The van der Waals surface area contributed by atoms with Gasteiger partial charge in [-0.05, 0) is 61.9 Å². The molecule has 0 N–H and O–H groups in total. The molecule has 0 saturated carbocycles. The van der Waals surface area contributed by atoms with Crippen molar-refractivity contribution in [3.8, 4) is 5.75 Å². The monoisotopic (exact) mass is 414 g/mol. The molecule has 2 fully saturated rings. The third-order valence-electron chi connectivity index (χ3n) is 5.94. The van der Waals surface area contributed by atoms with Crippen LogP contribution in [0.5, 0.6) is 5.75 Å². The number of nitrogens with zero attached hydrogens (tertiary/aromatic N) is 4. The predicted octanol–water partition coefficient (Wildman–Crippen LogP) is 2.53. The van der Waals surface area contributed by atoms with E-state index in [0.717, 1.165) is 68.7 Å². The largest absolute Gasteiger partial charge is 0.496 e. The highest BCUT2D eigenvalue weighted by Gasteiger charge is 2.26. The van der Waals surface area contributed by atoms with Gasteiger partial charge in [-0.15, -0.1) is 0 Å². The summed E-state index contributed by atoms with van der Waals surface area (Å²) in [5.74, 6) is 2.68. The lowest BCUT2D eigenvalue weighted by Crippen LogP contribution is -2.27. The summed E-state index contributed by atoms with van der Waals surface area (Å²) < 4.78 is 15.9. The van der Waals surface area contributed by atoms with E-state index < -0.39 is 0 Å². The molecule has 0 aliphatic carbocycles. The van der Waals surface area contributed by atoms with Crippen LogP contribution in [0.25, 0.3) is 0 Å². The van der Waals surface area contributed by atoms with E-state index in [1.165, 1.54) is 0 Å². The topological polar surface area (TPSA) is 80.9 Å². The highest BCUT2D eigenvalue weighted by atomic mass is 16.5. The van der Waals surface area contributed by atoms with Gasteiger partial charge in [0, 0.05) is 32.3 Å². The van der Waals surface area contributed by atoms with Crippen LogP contribution in [-0.4, -0.2) is 66.2 Å². The van der Waals surface area contributed by atoms with Gasteiger partial charge in [-0.2, -0.15) is 4.98 Å². The zero-order valence-corrected chi connectivity index (χ0v) is 17.8. The van der Waals surface area contributed by atoms with E-state index in [1.54, 1.807) is 14.2 Å². The van der Waals surface area contributed by atoms with Crippen molar-refractivity contribution in [2.24, 2.45) is 5.92 Å². The van der Waals surface area contributed by atoms with E-state index in [1.807, 2.05) is 23.1 Å². The summed E-state index contributed by atoms with van der Waals surface area (Å²) in [6.07, 6.45) is 4.17. The Morgan fingerprint density at radius 2 is 2.07 bits per heavy atom. The quantitative estimate of drug-likeness (QED) is 0.656. The Morgan fingerprint density at radius 1 is 1.23 bits per heavy atom. The van der Waals surface area contributed by atoms with Gasteiger partial charge in [0.1, 0.15) is 12.4 Å². The Bertz CT molecular complexity index is 863. The maximum atomic E-state index is 12.8. The van der Waals surface area contributed by atoms with E-state index in [0.29, 0.717) is 30.8 Å². The molecule has 0 bridgehead atoms. The first-order chi connectivity index (χ1) is 14.7. The normalized spacial score (nSPS) is 19.5. The van der Waals surface area contributed by atoms with Gasteiger partial charge in [0.2, 0.25) is 5.89 Å². The molecule has 2 saturated heterocycles. The molecule has 1 aromatic heterocycles. The fourth-order valence-corrected chi connectivity index (χ4v) is 4.44. The molecule has 0 spiro atoms. The van der Waals surface area contributed by atoms with E-state index >= 15 is 0 Å². The number of aromatic nitrogens is 2. The molecule has 1 atom stereocenters. The molecule has 8 nitrogen and oxygen atoms in total. The highest BCUT2D eigenvalue weighted by molar-refractivity contribution is 5.94. The van der Waals surface area contributed by atoms with E-state index in [4.69, 9.17) is 14.0 Å². The molecule has 1 unspecified atom stereocenters. The van der Waals surface area contributed by atoms with Gasteiger partial charge in [0.05, 0.1) is 13.7 Å². The average molecular weight is 415 g/mol. The van der Waals surface area contributed by atoms with Crippen molar-refractivity contribution < 1.29 is 18.8 Å². The molecule has 1 aromatic carbocycles. The standard InChI is InChI=1S/C22H30N4O4/c1-28-15-20-23-21(30-24-20)14-25-10-7-16(13-25)11-18-12-17(5-6-19(18)29-2)22(27)26-8-3-4-9-26/h5-6,12,16H,3-4,7-11,13-15H2,1-2H3. The zero-order valence-electron chi connectivity index (χ0n) is 17.8. The van der Waals surface area contributed by atoms with Crippen molar-refractivity contribution in [3.05, 3.63) is 41.0 Å². The summed E-state index contributed by atoms with van der Waals surface area (Å²) in [7, 11) is 3.30. The molecule has 0 radical (unpaired) electrons. The van der Waals surface area contributed by atoms with Crippen molar-refractivity contribution in [2.45, 2.75) is 38.8 Å². The highest BCUT2D eigenvalue weighted by Crippen LogP contribution is 2.28. The van der Waals surface area contributed by atoms with E-state index in [9.17, 15) is 4.79 Å². The third kappa shape index (κ3) is 4.82. The van der Waals surface area contributed by atoms with Gasteiger partial charge in [-0.25, -0.2) is 0 Å². The van der Waals surface area contributed by atoms with Crippen molar-refractivity contribution in [3.63, 3.8) is 0 Å². The van der Waals surface area contributed by atoms with Crippen LogP contribution in [0.4, 0.5) is 0 Å². The Hall–Kier alpha value is -2.45. The average Bonchev–Trinajstić information content (AvgIpc) is 3.51. The Balaban J connectivity index is 1.38. The first-order valence-corrected chi connectivity index (χ1v) is 10.6. The number of carbonyl (C=O) groups is 1. The van der Waals surface area contributed by atoms with Crippen molar-refractivity contribution in [1.29, 1.82) is 0 Å². The van der Waals surface area contributed by atoms with Crippen LogP contribution in [0.2, 0.25) is 0 Å². The van der Waals surface area contributed by atoms with Crippen LogP contribution in [0, 0.1) is 5.92 Å². The Kier molecular flexibility index (Phi) is 6.64. The molecular formula is C22H30N4O4. The number of carbonyl (C=O) groups excluding carboxylic acids is 1. The number of amides is 1. The summed E-state index contributed by atoms with van der Waals surface area (Å²) in [6, 6.07) is 5.84. The van der Waals surface area contributed by atoms with Crippen LogP contribution in [-0.2, 0) is 24.3 Å². The van der Waals surface area contributed by atoms with Crippen LogP contribution in [0.1, 0.15) is 46.9 Å². The number of hydrogen-bond donors (Lipinski definition) is 0. The number of likely N-dealkylation sites (tertiary alicyclic amines) is 2. The van der Waals surface area contributed by atoms with Crippen molar-refractivity contribution >= 4 is 5.91 Å². The van der Waals surface area contributed by atoms with E-state index in [2.05, 4.69) is 15.0 Å². The number of hydrogen-bond acceptors (Lipinski definition) is 7. The molecule has 8 heteroatoms.